The number of halogens is 3. The SMILES string of the molecule is N#Cc1ccc(C(=O)NCC(N2CCNCC2)C(F)(F)F)cc1. The van der Waals surface area contributed by atoms with Crippen molar-refractivity contribution in [3.8, 4) is 6.07 Å². The van der Waals surface area contributed by atoms with Crippen LogP contribution in [0, 0.1) is 11.3 Å². The summed E-state index contributed by atoms with van der Waals surface area (Å²) in [6.45, 7) is 1.07. The highest BCUT2D eigenvalue weighted by Crippen LogP contribution is 2.24. The average Bonchev–Trinajstić information content (AvgIpc) is 2.54. The van der Waals surface area contributed by atoms with Crippen LogP contribution in [0.25, 0.3) is 0 Å². The molecule has 1 aromatic rings. The van der Waals surface area contributed by atoms with Crippen LogP contribution in [0.15, 0.2) is 24.3 Å². The van der Waals surface area contributed by atoms with E-state index in [2.05, 4.69) is 10.6 Å². The van der Waals surface area contributed by atoms with Gasteiger partial charge < -0.3 is 10.6 Å². The van der Waals surface area contributed by atoms with Crippen molar-refractivity contribution in [3.63, 3.8) is 0 Å². The number of carbonyl (C=O) groups is 1. The molecule has 124 valence electrons. The van der Waals surface area contributed by atoms with Crippen LogP contribution >= 0.6 is 0 Å². The van der Waals surface area contributed by atoms with Gasteiger partial charge in [0.05, 0.1) is 11.6 Å². The van der Waals surface area contributed by atoms with Gasteiger partial charge in [0.15, 0.2) is 0 Å². The van der Waals surface area contributed by atoms with Gasteiger partial charge in [0.25, 0.3) is 5.91 Å². The van der Waals surface area contributed by atoms with E-state index in [1.165, 1.54) is 29.2 Å². The molecular weight excluding hydrogens is 309 g/mol. The summed E-state index contributed by atoms with van der Waals surface area (Å²) in [5.74, 6) is -0.584. The van der Waals surface area contributed by atoms with Crippen LogP contribution in [0.2, 0.25) is 0 Å². The molecule has 2 rings (SSSR count). The Labute approximate surface area is 132 Å². The summed E-state index contributed by atoms with van der Waals surface area (Å²) in [4.78, 5) is 13.3. The van der Waals surface area contributed by atoms with Gasteiger partial charge >= 0.3 is 6.18 Å². The number of piperazine rings is 1. The largest absolute Gasteiger partial charge is 0.405 e. The van der Waals surface area contributed by atoms with Gasteiger partial charge in [-0.15, -0.1) is 0 Å². The lowest BCUT2D eigenvalue weighted by Gasteiger charge is -2.35. The molecule has 1 atom stereocenters. The van der Waals surface area contributed by atoms with Gasteiger partial charge in [-0.1, -0.05) is 0 Å². The zero-order valence-corrected chi connectivity index (χ0v) is 12.4. The third-order valence-corrected chi connectivity index (χ3v) is 3.70. The Kier molecular flexibility index (Phi) is 5.58. The Morgan fingerprint density at radius 3 is 2.43 bits per heavy atom. The minimum absolute atomic E-state index is 0.227. The lowest BCUT2D eigenvalue weighted by Crippen LogP contribution is -2.57. The molecule has 0 aromatic heterocycles. The van der Waals surface area contributed by atoms with Crippen molar-refractivity contribution in [1.29, 1.82) is 5.26 Å². The summed E-state index contributed by atoms with van der Waals surface area (Å²) in [5, 5.41) is 14.0. The maximum atomic E-state index is 13.2. The molecule has 1 heterocycles. The number of hydrogen-bond donors (Lipinski definition) is 2. The number of amides is 1. The van der Waals surface area contributed by atoms with E-state index >= 15 is 0 Å². The van der Waals surface area contributed by atoms with E-state index in [-0.39, 0.29) is 18.7 Å². The minimum atomic E-state index is -4.41. The first-order valence-electron chi connectivity index (χ1n) is 7.21. The molecule has 2 N–H and O–H groups in total. The standard InChI is InChI=1S/C15H17F3N4O/c16-15(17,18)13(22-7-5-20-6-8-22)10-21-14(23)12-3-1-11(9-19)2-4-12/h1-4,13,20H,5-8,10H2,(H,21,23). The van der Waals surface area contributed by atoms with Crippen molar-refractivity contribution in [1.82, 2.24) is 15.5 Å². The van der Waals surface area contributed by atoms with Crippen molar-refractivity contribution in [2.24, 2.45) is 0 Å². The van der Waals surface area contributed by atoms with E-state index in [0.717, 1.165) is 0 Å². The monoisotopic (exact) mass is 326 g/mol. The van der Waals surface area contributed by atoms with Crippen molar-refractivity contribution in [2.45, 2.75) is 12.2 Å². The molecule has 0 radical (unpaired) electrons. The molecule has 1 fully saturated rings. The Bertz CT molecular complexity index is 574. The third-order valence-electron chi connectivity index (χ3n) is 3.70. The second kappa shape index (κ2) is 7.44. The van der Waals surface area contributed by atoms with Gasteiger partial charge in [-0.2, -0.15) is 18.4 Å². The number of hydrogen-bond acceptors (Lipinski definition) is 4. The van der Waals surface area contributed by atoms with Crippen LogP contribution in [-0.4, -0.2) is 55.7 Å². The average molecular weight is 326 g/mol. The van der Waals surface area contributed by atoms with Crippen molar-refractivity contribution < 1.29 is 18.0 Å². The first kappa shape index (κ1) is 17.2. The fourth-order valence-corrected chi connectivity index (χ4v) is 2.43. The van der Waals surface area contributed by atoms with Gasteiger partial charge in [-0.3, -0.25) is 9.69 Å². The molecule has 0 spiro atoms. The number of nitrogens with zero attached hydrogens (tertiary/aromatic N) is 2. The van der Waals surface area contributed by atoms with Crippen LogP contribution in [-0.2, 0) is 0 Å². The van der Waals surface area contributed by atoms with Crippen LogP contribution in [0.5, 0.6) is 0 Å². The molecule has 1 aliphatic heterocycles. The lowest BCUT2D eigenvalue weighted by atomic mass is 10.1. The predicted octanol–water partition coefficient (Wildman–Crippen LogP) is 1.12. The van der Waals surface area contributed by atoms with Crippen molar-refractivity contribution in [2.75, 3.05) is 32.7 Å². The van der Waals surface area contributed by atoms with E-state index in [9.17, 15) is 18.0 Å². The van der Waals surface area contributed by atoms with Crippen LogP contribution in [0.3, 0.4) is 0 Å². The molecule has 0 saturated carbocycles. The number of carbonyl (C=O) groups excluding carboxylic acids is 1. The molecule has 23 heavy (non-hydrogen) atoms. The number of rotatable bonds is 4. The normalized spacial score (nSPS) is 17.3. The van der Waals surface area contributed by atoms with Crippen molar-refractivity contribution >= 4 is 5.91 Å². The van der Waals surface area contributed by atoms with Crippen LogP contribution < -0.4 is 10.6 Å². The fraction of sp³-hybridized carbons (Fsp3) is 0.467. The van der Waals surface area contributed by atoms with Gasteiger partial charge in [0, 0.05) is 38.3 Å². The lowest BCUT2D eigenvalue weighted by molar-refractivity contribution is -0.183. The number of benzene rings is 1. The van der Waals surface area contributed by atoms with E-state index in [1.807, 2.05) is 6.07 Å². The van der Waals surface area contributed by atoms with E-state index in [4.69, 9.17) is 5.26 Å². The summed E-state index contributed by atoms with van der Waals surface area (Å²) >= 11 is 0. The van der Waals surface area contributed by atoms with E-state index < -0.39 is 24.7 Å². The highest BCUT2D eigenvalue weighted by atomic mass is 19.4. The summed E-state index contributed by atoms with van der Waals surface area (Å²) in [5.41, 5.74) is 0.612. The molecule has 5 nitrogen and oxygen atoms in total. The topological polar surface area (TPSA) is 68.2 Å². The zero-order valence-electron chi connectivity index (χ0n) is 12.4. The van der Waals surface area contributed by atoms with E-state index in [1.54, 1.807) is 0 Å². The Morgan fingerprint density at radius 1 is 1.30 bits per heavy atom. The Balaban J connectivity index is 1.99. The number of nitrogens with one attached hydrogen (secondary N) is 2. The first-order valence-corrected chi connectivity index (χ1v) is 7.21. The second-order valence-electron chi connectivity index (χ2n) is 5.24. The molecule has 0 bridgehead atoms. The highest BCUT2D eigenvalue weighted by Gasteiger charge is 2.43. The molecule has 8 heteroatoms. The molecule has 1 unspecified atom stereocenters. The Morgan fingerprint density at radius 2 is 1.91 bits per heavy atom. The number of nitriles is 1. The smallest absolute Gasteiger partial charge is 0.350 e. The molecule has 1 saturated heterocycles. The quantitative estimate of drug-likeness (QED) is 0.870. The summed E-state index contributed by atoms with van der Waals surface area (Å²) < 4.78 is 39.6. The second-order valence-corrected chi connectivity index (χ2v) is 5.24. The fourth-order valence-electron chi connectivity index (χ4n) is 2.43. The first-order chi connectivity index (χ1) is 10.9. The Hall–Kier alpha value is -2.11. The van der Waals surface area contributed by atoms with Gasteiger partial charge in [-0.25, -0.2) is 0 Å². The summed E-state index contributed by atoms with van der Waals surface area (Å²) in [6, 6.07) is 5.95. The van der Waals surface area contributed by atoms with E-state index in [0.29, 0.717) is 18.7 Å². The zero-order chi connectivity index (χ0) is 16.9. The third kappa shape index (κ3) is 4.68. The van der Waals surface area contributed by atoms with Crippen molar-refractivity contribution in [3.05, 3.63) is 35.4 Å². The minimum Gasteiger partial charge on any atom is -0.350 e. The highest BCUT2D eigenvalue weighted by molar-refractivity contribution is 5.94. The van der Waals surface area contributed by atoms with Gasteiger partial charge in [0.1, 0.15) is 6.04 Å². The molecule has 0 aliphatic carbocycles. The molecule has 1 amide bonds. The maximum absolute atomic E-state index is 13.2. The summed E-state index contributed by atoms with van der Waals surface area (Å²) in [6.07, 6.45) is -4.41. The predicted molar refractivity (Wildman–Crippen MR) is 77.8 cm³/mol. The number of alkyl halides is 3. The van der Waals surface area contributed by atoms with Crippen LogP contribution in [0.4, 0.5) is 13.2 Å². The summed E-state index contributed by atoms with van der Waals surface area (Å²) in [7, 11) is 0. The molecule has 1 aromatic carbocycles. The maximum Gasteiger partial charge on any atom is 0.405 e. The molecule has 1 aliphatic rings. The van der Waals surface area contributed by atoms with Crippen LogP contribution in [0.1, 0.15) is 15.9 Å². The van der Waals surface area contributed by atoms with Gasteiger partial charge in [-0.05, 0) is 24.3 Å². The van der Waals surface area contributed by atoms with Gasteiger partial charge in [0.2, 0.25) is 0 Å². The molecular formula is C15H17F3N4O.